The SMILES string of the molecule is COCCn1c(CC2CC=C(c3ncc(F)c(OCc4ccc(Cl)c5cc(F)oc45)n3)CC2)nc2ccc(C(=O)OC)nc21. The van der Waals surface area contributed by atoms with E-state index in [2.05, 4.69) is 21.0 Å². The van der Waals surface area contributed by atoms with Gasteiger partial charge >= 0.3 is 5.97 Å². The second-order valence-electron chi connectivity index (χ2n) is 10.4. The van der Waals surface area contributed by atoms with Crippen LogP contribution < -0.4 is 4.74 Å². The summed E-state index contributed by atoms with van der Waals surface area (Å²) in [4.78, 5) is 29.9. The maximum Gasteiger partial charge on any atom is 0.356 e. The fourth-order valence-electron chi connectivity index (χ4n) is 5.36. The van der Waals surface area contributed by atoms with Crippen LogP contribution in [0.4, 0.5) is 8.78 Å². The highest BCUT2D eigenvalue weighted by molar-refractivity contribution is 6.35. The molecule has 4 aromatic heterocycles. The topological polar surface area (TPSA) is 114 Å². The number of pyridine rings is 1. The Bertz CT molecular complexity index is 1890. The van der Waals surface area contributed by atoms with E-state index in [0.717, 1.165) is 30.4 Å². The molecule has 0 saturated heterocycles. The molecule has 0 amide bonds. The molecule has 228 valence electrons. The van der Waals surface area contributed by atoms with E-state index >= 15 is 0 Å². The second-order valence-corrected chi connectivity index (χ2v) is 10.8. The molecule has 0 fully saturated rings. The second kappa shape index (κ2) is 12.7. The molecule has 1 atom stereocenters. The van der Waals surface area contributed by atoms with Gasteiger partial charge in [0.15, 0.2) is 17.2 Å². The zero-order valence-electron chi connectivity index (χ0n) is 24.0. The van der Waals surface area contributed by atoms with E-state index in [4.69, 9.17) is 35.2 Å². The highest BCUT2D eigenvalue weighted by atomic mass is 35.5. The maximum absolute atomic E-state index is 14.6. The number of methoxy groups -OCH3 is 2. The number of rotatable bonds is 10. The minimum atomic E-state index is -0.774. The number of halogens is 3. The van der Waals surface area contributed by atoms with E-state index < -0.39 is 17.8 Å². The Labute approximate surface area is 255 Å². The van der Waals surface area contributed by atoms with Crippen LogP contribution in [0.25, 0.3) is 27.7 Å². The molecular formula is C31H28ClF2N5O5. The molecule has 0 spiro atoms. The Hall–Kier alpha value is -4.42. The molecule has 6 rings (SSSR count). The lowest BCUT2D eigenvalue weighted by Crippen LogP contribution is -2.15. The van der Waals surface area contributed by atoms with Crippen molar-refractivity contribution in [2.45, 2.75) is 38.8 Å². The lowest BCUT2D eigenvalue weighted by molar-refractivity contribution is 0.0594. The fourth-order valence-corrected chi connectivity index (χ4v) is 5.56. The van der Waals surface area contributed by atoms with Crippen LogP contribution >= 0.6 is 11.6 Å². The molecule has 44 heavy (non-hydrogen) atoms. The van der Waals surface area contributed by atoms with Gasteiger partial charge in [0.05, 0.1) is 24.9 Å². The van der Waals surface area contributed by atoms with Gasteiger partial charge in [-0.25, -0.2) is 19.7 Å². The Kier molecular flexibility index (Phi) is 8.53. The van der Waals surface area contributed by atoms with Crippen LogP contribution in [-0.4, -0.2) is 51.3 Å². The van der Waals surface area contributed by atoms with Gasteiger partial charge < -0.3 is 23.2 Å². The fraction of sp³-hybridized carbons (Fsp3) is 0.323. The van der Waals surface area contributed by atoms with Gasteiger partial charge in [0, 0.05) is 37.1 Å². The van der Waals surface area contributed by atoms with Gasteiger partial charge in [-0.1, -0.05) is 23.7 Å². The minimum absolute atomic E-state index is 0.102. The number of fused-ring (bicyclic) bond motifs is 2. The Morgan fingerprint density at radius 1 is 1.16 bits per heavy atom. The van der Waals surface area contributed by atoms with Crippen molar-refractivity contribution in [1.82, 2.24) is 24.5 Å². The number of hydrogen-bond donors (Lipinski definition) is 0. The molecule has 0 saturated carbocycles. The van der Waals surface area contributed by atoms with Crippen molar-refractivity contribution in [2.75, 3.05) is 20.8 Å². The first-order chi connectivity index (χ1) is 21.3. The monoisotopic (exact) mass is 623 g/mol. The molecule has 1 aromatic carbocycles. The Morgan fingerprint density at radius 2 is 2.02 bits per heavy atom. The first-order valence-electron chi connectivity index (χ1n) is 14.0. The van der Waals surface area contributed by atoms with Crippen LogP contribution in [0.3, 0.4) is 0 Å². The van der Waals surface area contributed by atoms with Crippen LogP contribution in [0.1, 0.15) is 47.0 Å². The van der Waals surface area contributed by atoms with E-state index in [1.807, 2.05) is 4.57 Å². The van der Waals surface area contributed by atoms with Gasteiger partial charge in [0.1, 0.15) is 23.5 Å². The quantitative estimate of drug-likeness (QED) is 0.164. The molecule has 5 aromatic rings. The average Bonchev–Trinajstić information content (AvgIpc) is 3.60. The van der Waals surface area contributed by atoms with E-state index in [-0.39, 0.29) is 29.7 Å². The number of hydrogen-bond acceptors (Lipinski definition) is 9. The van der Waals surface area contributed by atoms with E-state index in [0.29, 0.717) is 59.0 Å². The highest BCUT2D eigenvalue weighted by Gasteiger charge is 2.23. The molecule has 1 unspecified atom stereocenters. The van der Waals surface area contributed by atoms with Crippen LogP contribution in [0, 0.1) is 17.7 Å². The summed E-state index contributed by atoms with van der Waals surface area (Å²) in [5.74, 6) is 0.0993. The summed E-state index contributed by atoms with van der Waals surface area (Å²) >= 11 is 6.13. The molecule has 1 aliphatic carbocycles. The van der Waals surface area contributed by atoms with Crippen LogP contribution in [0.15, 0.2) is 47.0 Å². The number of imidazole rings is 1. The third-order valence-electron chi connectivity index (χ3n) is 7.62. The smallest absolute Gasteiger partial charge is 0.356 e. The Balaban J connectivity index is 1.17. The zero-order valence-corrected chi connectivity index (χ0v) is 24.7. The third-order valence-corrected chi connectivity index (χ3v) is 7.95. The van der Waals surface area contributed by atoms with Gasteiger partial charge in [0.25, 0.3) is 11.9 Å². The number of carbonyl (C=O) groups is 1. The van der Waals surface area contributed by atoms with Crippen LogP contribution in [0.2, 0.25) is 5.02 Å². The maximum atomic E-state index is 14.6. The Morgan fingerprint density at radius 3 is 2.80 bits per heavy atom. The van der Waals surface area contributed by atoms with E-state index in [1.165, 1.54) is 13.2 Å². The predicted octanol–water partition coefficient (Wildman–Crippen LogP) is 6.34. The number of allylic oxidation sites excluding steroid dienone is 2. The predicted molar refractivity (Wildman–Crippen MR) is 157 cm³/mol. The molecule has 10 nitrogen and oxygen atoms in total. The standard InChI is InChI=1S/C31H28ClF2N5O5/c1-41-12-11-39-26(36-23-9-10-24(31(40)42-2)37-29(23)39)13-17-3-5-18(6-4-17)28-35-15-22(33)30(38-28)43-16-19-7-8-21(32)20-14-25(34)44-27(19)20/h5,7-10,14-15,17H,3-4,6,11-13,16H2,1-2H3. The summed E-state index contributed by atoms with van der Waals surface area (Å²) in [5, 5.41) is 0.749. The van der Waals surface area contributed by atoms with Gasteiger partial charge in [-0.3, -0.25) is 0 Å². The number of aromatic nitrogens is 5. The number of ether oxygens (including phenoxy) is 3. The van der Waals surface area contributed by atoms with Gasteiger partial charge in [-0.15, -0.1) is 0 Å². The van der Waals surface area contributed by atoms with Crippen molar-refractivity contribution in [3.05, 3.63) is 82.4 Å². The van der Waals surface area contributed by atoms with Gasteiger partial charge in [0.2, 0.25) is 5.82 Å². The van der Waals surface area contributed by atoms with Crippen molar-refractivity contribution < 1.29 is 32.2 Å². The number of benzene rings is 1. The first kappa shape index (κ1) is 29.6. The number of esters is 1. The van der Waals surface area contributed by atoms with Gasteiger partial charge in [-0.05, 0) is 49.0 Å². The molecule has 13 heteroatoms. The van der Waals surface area contributed by atoms with Crippen molar-refractivity contribution in [3.8, 4) is 5.88 Å². The lowest BCUT2D eigenvalue weighted by Gasteiger charge is -2.21. The van der Waals surface area contributed by atoms with Crippen molar-refractivity contribution in [2.24, 2.45) is 5.92 Å². The summed E-state index contributed by atoms with van der Waals surface area (Å²) in [6.07, 6.45) is 6.11. The van der Waals surface area contributed by atoms with E-state index in [9.17, 15) is 13.6 Å². The van der Waals surface area contributed by atoms with Crippen molar-refractivity contribution >= 4 is 45.3 Å². The number of carbonyl (C=O) groups excluding carboxylic acids is 1. The third kappa shape index (κ3) is 6.00. The summed E-state index contributed by atoms with van der Waals surface area (Å²) < 4.78 is 51.2. The molecule has 1 aliphatic rings. The highest BCUT2D eigenvalue weighted by Crippen LogP contribution is 2.33. The molecule has 0 aliphatic heterocycles. The number of furan rings is 1. The van der Waals surface area contributed by atoms with E-state index in [1.54, 1.807) is 31.4 Å². The minimum Gasteiger partial charge on any atom is -0.470 e. The molecular weight excluding hydrogens is 596 g/mol. The molecule has 0 bridgehead atoms. The lowest BCUT2D eigenvalue weighted by atomic mass is 9.87. The molecule has 0 radical (unpaired) electrons. The molecule has 0 N–H and O–H groups in total. The summed E-state index contributed by atoms with van der Waals surface area (Å²) in [6.45, 7) is 0.899. The summed E-state index contributed by atoms with van der Waals surface area (Å²) in [7, 11) is 2.95. The summed E-state index contributed by atoms with van der Waals surface area (Å²) in [5.41, 5.74) is 3.15. The van der Waals surface area contributed by atoms with Crippen LogP contribution in [-0.2, 0) is 29.0 Å². The first-order valence-corrected chi connectivity index (χ1v) is 14.4. The normalized spacial score (nSPS) is 15.1. The van der Waals surface area contributed by atoms with Crippen LogP contribution in [0.5, 0.6) is 5.88 Å². The zero-order chi connectivity index (χ0) is 30.8. The largest absolute Gasteiger partial charge is 0.470 e. The molecule has 4 heterocycles. The summed E-state index contributed by atoms with van der Waals surface area (Å²) in [6, 6.07) is 7.04. The average molecular weight is 624 g/mol. The number of nitrogens with zero attached hydrogens (tertiary/aromatic N) is 5. The van der Waals surface area contributed by atoms with Crippen molar-refractivity contribution in [1.29, 1.82) is 0 Å². The van der Waals surface area contributed by atoms with Crippen molar-refractivity contribution in [3.63, 3.8) is 0 Å². The van der Waals surface area contributed by atoms with Gasteiger partial charge in [-0.2, -0.15) is 13.8 Å².